The third-order valence-corrected chi connectivity index (χ3v) is 6.17. The molecule has 0 saturated carbocycles. The monoisotopic (exact) mass is 431 g/mol. The van der Waals surface area contributed by atoms with Crippen molar-refractivity contribution in [3.63, 3.8) is 0 Å². The number of methoxy groups -OCH3 is 1. The number of phenols is 1. The van der Waals surface area contributed by atoms with Crippen molar-refractivity contribution >= 4 is 21.5 Å². The van der Waals surface area contributed by atoms with Gasteiger partial charge in [0.25, 0.3) is 0 Å². The molecule has 0 heterocycles. The number of carbonyl (C=O) groups excluding carboxylic acids is 1. The van der Waals surface area contributed by atoms with Gasteiger partial charge in [-0.2, -0.15) is 0 Å². The largest absolute Gasteiger partial charge is 0.507 e. The minimum absolute atomic E-state index is 0.0481. The van der Waals surface area contributed by atoms with Crippen LogP contribution in [0.1, 0.15) is 36.7 Å². The summed E-state index contributed by atoms with van der Waals surface area (Å²) >= 11 is 0. The molecule has 6 nitrogen and oxygen atoms in total. The lowest BCUT2D eigenvalue weighted by Crippen LogP contribution is -2.22. The number of phenolic OH excluding ortho intramolecular Hbond substituents is 1. The van der Waals surface area contributed by atoms with Gasteiger partial charge >= 0.3 is 5.97 Å². The summed E-state index contributed by atoms with van der Waals surface area (Å²) in [5.74, 6) is -0.967. The number of rotatable bonds is 9. The average Bonchev–Trinajstić information content (AvgIpc) is 2.72. The van der Waals surface area contributed by atoms with Gasteiger partial charge in [-0.05, 0) is 48.2 Å². The van der Waals surface area contributed by atoms with Crippen molar-refractivity contribution < 1.29 is 23.1 Å². The van der Waals surface area contributed by atoms with Crippen molar-refractivity contribution in [2.45, 2.75) is 32.1 Å². The molecule has 2 aromatic rings. The van der Waals surface area contributed by atoms with E-state index in [1.54, 1.807) is 12.3 Å². The maximum atomic E-state index is 12.7. The van der Waals surface area contributed by atoms with Gasteiger partial charge in [-0.25, -0.2) is 13.2 Å². The molecule has 0 atom stereocenters. The van der Waals surface area contributed by atoms with Gasteiger partial charge < -0.3 is 14.7 Å². The fourth-order valence-corrected chi connectivity index (χ4v) is 4.05. The molecular weight excluding hydrogens is 402 g/mol. The Hall–Kier alpha value is -2.80. The molecule has 2 aromatic carbocycles. The Balaban J connectivity index is 2.23. The van der Waals surface area contributed by atoms with E-state index in [4.69, 9.17) is 0 Å². The van der Waals surface area contributed by atoms with Crippen LogP contribution in [0.15, 0.2) is 59.6 Å². The highest BCUT2D eigenvalue weighted by Gasteiger charge is 2.19. The number of esters is 1. The predicted octanol–water partition coefficient (Wildman–Crippen LogP) is 4.19. The van der Waals surface area contributed by atoms with Crippen LogP contribution in [0.2, 0.25) is 0 Å². The minimum atomic E-state index is -3.69. The molecule has 2 rings (SSSR count). The van der Waals surface area contributed by atoms with E-state index in [0.717, 1.165) is 24.7 Å². The van der Waals surface area contributed by atoms with Gasteiger partial charge in [0.05, 0.1) is 17.8 Å². The second kappa shape index (κ2) is 10.3. The lowest BCUT2D eigenvalue weighted by atomic mass is 10.1. The molecule has 0 saturated heterocycles. The van der Waals surface area contributed by atoms with E-state index in [-0.39, 0.29) is 22.0 Å². The predicted molar refractivity (Wildman–Crippen MR) is 119 cm³/mol. The number of sulfone groups is 1. The Kier molecular flexibility index (Phi) is 8.06. The van der Waals surface area contributed by atoms with Gasteiger partial charge in [-0.1, -0.05) is 39.0 Å². The molecule has 30 heavy (non-hydrogen) atoms. The minimum Gasteiger partial charge on any atom is -0.507 e. The molecule has 0 fully saturated rings. The summed E-state index contributed by atoms with van der Waals surface area (Å²) in [5.41, 5.74) is 2.05. The Morgan fingerprint density at radius 1 is 1.17 bits per heavy atom. The summed E-state index contributed by atoms with van der Waals surface area (Å²) in [4.78, 5) is 13.7. The molecule has 0 bridgehead atoms. The van der Waals surface area contributed by atoms with Gasteiger partial charge in [0.15, 0.2) is 9.84 Å². The smallest absolute Gasteiger partial charge is 0.341 e. The van der Waals surface area contributed by atoms with E-state index in [2.05, 4.69) is 37.6 Å². The number of hydrogen-bond acceptors (Lipinski definition) is 6. The first-order chi connectivity index (χ1) is 14.2. The number of hydrogen-bond donors (Lipinski definition) is 1. The van der Waals surface area contributed by atoms with Gasteiger partial charge in [0, 0.05) is 18.4 Å². The van der Waals surface area contributed by atoms with Crippen molar-refractivity contribution in [1.82, 2.24) is 0 Å². The van der Waals surface area contributed by atoms with Crippen molar-refractivity contribution in [2.24, 2.45) is 5.92 Å². The first-order valence-corrected chi connectivity index (χ1v) is 11.5. The van der Waals surface area contributed by atoms with Crippen molar-refractivity contribution in [3.8, 4) is 5.75 Å². The van der Waals surface area contributed by atoms with E-state index in [0.29, 0.717) is 5.92 Å². The molecular formula is C23H29NO5S. The van der Waals surface area contributed by atoms with Gasteiger partial charge in [0.1, 0.15) is 11.3 Å². The molecule has 0 radical (unpaired) electrons. The fraction of sp³-hybridized carbons (Fsp3) is 0.348. The summed E-state index contributed by atoms with van der Waals surface area (Å²) < 4.78 is 30.0. The maximum Gasteiger partial charge on any atom is 0.341 e. The standard InChI is InChI=1S/C23H29NO5S/c1-5-18-7-9-19(10-8-18)24(16-17(2)3)13-6-14-30(27,28)20-11-12-22(25)21(15-20)23(26)29-4/h6-13,15,17,25H,5,14,16H2,1-4H3. The van der Waals surface area contributed by atoms with E-state index < -0.39 is 15.8 Å². The van der Waals surface area contributed by atoms with Crippen LogP contribution in [-0.4, -0.2) is 38.9 Å². The maximum absolute atomic E-state index is 12.7. The molecule has 0 spiro atoms. The highest BCUT2D eigenvalue weighted by atomic mass is 32.2. The second-order valence-corrected chi connectivity index (χ2v) is 9.44. The van der Waals surface area contributed by atoms with Gasteiger partial charge in [0.2, 0.25) is 0 Å². The average molecular weight is 432 g/mol. The van der Waals surface area contributed by atoms with Crippen LogP contribution in [0.4, 0.5) is 5.69 Å². The van der Waals surface area contributed by atoms with Crippen molar-refractivity contribution in [2.75, 3.05) is 24.3 Å². The van der Waals surface area contributed by atoms with Crippen LogP contribution in [0.5, 0.6) is 5.75 Å². The van der Waals surface area contributed by atoms with Gasteiger partial charge in [-0.3, -0.25) is 0 Å². The van der Waals surface area contributed by atoms with Crippen LogP contribution < -0.4 is 4.90 Å². The summed E-state index contributed by atoms with van der Waals surface area (Å²) in [6.07, 6.45) is 4.33. The quantitative estimate of drug-likeness (QED) is 0.600. The van der Waals surface area contributed by atoms with Crippen LogP contribution in [0.3, 0.4) is 0 Å². The third-order valence-electron chi connectivity index (χ3n) is 4.57. The van der Waals surface area contributed by atoms with E-state index in [1.165, 1.54) is 24.8 Å². The summed E-state index contributed by atoms with van der Waals surface area (Å²) in [6.45, 7) is 7.04. The summed E-state index contributed by atoms with van der Waals surface area (Å²) in [6, 6.07) is 11.8. The van der Waals surface area contributed by atoms with Crippen molar-refractivity contribution in [3.05, 3.63) is 65.9 Å². The molecule has 0 aliphatic carbocycles. The molecule has 0 aliphatic rings. The SMILES string of the molecule is CCc1ccc(N(C=CCS(=O)(=O)c2ccc(O)c(C(=O)OC)c2)CC(C)C)cc1. The van der Waals surface area contributed by atoms with Crippen LogP contribution >= 0.6 is 0 Å². The van der Waals surface area contributed by atoms with Gasteiger partial charge in [-0.15, -0.1) is 0 Å². The molecule has 1 N–H and O–H groups in total. The summed E-state index contributed by atoms with van der Waals surface area (Å²) in [5, 5.41) is 9.78. The number of benzene rings is 2. The van der Waals surface area contributed by atoms with E-state index in [9.17, 15) is 18.3 Å². The van der Waals surface area contributed by atoms with E-state index >= 15 is 0 Å². The molecule has 0 aliphatic heterocycles. The van der Waals surface area contributed by atoms with Crippen LogP contribution in [0.25, 0.3) is 0 Å². The second-order valence-electron chi connectivity index (χ2n) is 7.40. The lowest BCUT2D eigenvalue weighted by molar-refractivity contribution is 0.0597. The normalized spacial score (nSPS) is 11.8. The van der Waals surface area contributed by atoms with Crippen LogP contribution in [-0.2, 0) is 21.0 Å². The molecule has 0 amide bonds. The highest BCUT2D eigenvalue weighted by molar-refractivity contribution is 7.91. The molecule has 7 heteroatoms. The van der Waals surface area contributed by atoms with Crippen LogP contribution in [0, 0.1) is 5.92 Å². The zero-order valence-electron chi connectivity index (χ0n) is 17.8. The zero-order chi connectivity index (χ0) is 22.3. The molecule has 0 unspecified atom stereocenters. The Morgan fingerprint density at radius 3 is 2.40 bits per heavy atom. The number of carbonyl (C=O) groups is 1. The molecule has 162 valence electrons. The topological polar surface area (TPSA) is 83.9 Å². The highest BCUT2D eigenvalue weighted by Crippen LogP contribution is 2.23. The number of nitrogens with zero attached hydrogens (tertiary/aromatic N) is 1. The number of ether oxygens (including phenoxy) is 1. The Labute approximate surface area is 178 Å². The number of aromatic hydroxyl groups is 1. The first-order valence-electron chi connectivity index (χ1n) is 9.84. The Bertz CT molecular complexity index is 995. The first kappa shape index (κ1) is 23.5. The molecule has 0 aromatic heterocycles. The zero-order valence-corrected chi connectivity index (χ0v) is 18.6. The lowest BCUT2D eigenvalue weighted by Gasteiger charge is -2.23. The Morgan fingerprint density at radius 2 is 1.83 bits per heavy atom. The number of anilines is 1. The van der Waals surface area contributed by atoms with Crippen molar-refractivity contribution in [1.29, 1.82) is 0 Å². The van der Waals surface area contributed by atoms with E-state index in [1.807, 2.05) is 17.0 Å². The fourth-order valence-electron chi connectivity index (χ4n) is 2.94. The summed E-state index contributed by atoms with van der Waals surface area (Å²) in [7, 11) is -2.52. The third kappa shape index (κ3) is 6.10. The number of aryl methyl sites for hydroxylation is 1.